The van der Waals surface area contributed by atoms with Crippen LogP contribution >= 0.6 is 0 Å². The van der Waals surface area contributed by atoms with Crippen molar-refractivity contribution in [3.05, 3.63) is 35.9 Å². The molecule has 0 bridgehead atoms. The lowest BCUT2D eigenvalue weighted by Gasteiger charge is -2.32. The van der Waals surface area contributed by atoms with Gasteiger partial charge in [0.1, 0.15) is 0 Å². The Morgan fingerprint density at radius 3 is 2.74 bits per heavy atom. The first-order valence-corrected chi connectivity index (χ1v) is 6.45. The fraction of sp³-hybridized carbons (Fsp3) is 0.429. The third-order valence-corrected chi connectivity index (χ3v) is 3.28. The van der Waals surface area contributed by atoms with E-state index in [1.165, 1.54) is 5.56 Å². The van der Waals surface area contributed by atoms with Gasteiger partial charge >= 0.3 is 11.9 Å². The van der Waals surface area contributed by atoms with Crippen molar-refractivity contribution in [2.75, 3.05) is 13.1 Å². The average Bonchev–Trinajstić information content (AvgIpc) is 2.40. The van der Waals surface area contributed by atoms with Crippen LogP contribution in [0.25, 0.3) is 0 Å². The Morgan fingerprint density at radius 2 is 2.05 bits per heavy atom. The topological polar surface area (TPSA) is 69.6 Å². The normalized spacial score (nSPS) is 19.9. The van der Waals surface area contributed by atoms with Gasteiger partial charge in [0.25, 0.3) is 0 Å². The summed E-state index contributed by atoms with van der Waals surface area (Å²) in [5, 5.41) is 11.1. The molecule has 19 heavy (non-hydrogen) atoms. The molecule has 1 heterocycles. The average molecular weight is 262 g/mol. The molecule has 1 aromatic carbocycles. The number of piperidine rings is 1. The maximum absolute atomic E-state index is 11.1. The highest BCUT2D eigenvalue weighted by atomic mass is 16.4. The van der Waals surface area contributed by atoms with E-state index in [1.807, 2.05) is 18.2 Å². The number of nitrogens with zero attached hydrogens (tertiary/aromatic N) is 1. The lowest BCUT2D eigenvalue weighted by Crippen LogP contribution is -2.49. The molecule has 1 unspecified atom stereocenters. The summed E-state index contributed by atoms with van der Waals surface area (Å²) in [5.41, 5.74) is 1.23. The number of aliphatic carboxylic acids is 1. The largest absolute Gasteiger partial charge is 0.474 e. The van der Waals surface area contributed by atoms with Crippen molar-refractivity contribution in [1.82, 2.24) is 10.2 Å². The van der Waals surface area contributed by atoms with Crippen molar-refractivity contribution in [3.63, 3.8) is 0 Å². The molecule has 1 amide bonds. The predicted octanol–water partition coefficient (Wildman–Crippen LogP) is 0.852. The van der Waals surface area contributed by atoms with E-state index in [-0.39, 0.29) is 6.04 Å². The second-order valence-corrected chi connectivity index (χ2v) is 4.84. The highest BCUT2D eigenvalue weighted by Gasteiger charge is 2.23. The van der Waals surface area contributed by atoms with E-state index in [9.17, 15) is 9.59 Å². The van der Waals surface area contributed by atoms with Gasteiger partial charge in [0.05, 0.1) is 0 Å². The summed E-state index contributed by atoms with van der Waals surface area (Å²) < 4.78 is 0. The van der Waals surface area contributed by atoms with E-state index in [2.05, 4.69) is 22.3 Å². The van der Waals surface area contributed by atoms with Crippen LogP contribution in [0.2, 0.25) is 0 Å². The van der Waals surface area contributed by atoms with Crippen LogP contribution in [0.4, 0.5) is 0 Å². The number of carboxylic acid groups (broad SMARTS) is 1. The Hall–Kier alpha value is -1.88. The number of carboxylic acids is 1. The van der Waals surface area contributed by atoms with Crippen LogP contribution in [0.1, 0.15) is 18.4 Å². The van der Waals surface area contributed by atoms with Crippen molar-refractivity contribution >= 4 is 11.9 Å². The number of nitrogens with one attached hydrogen (secondary N) is 1. The minimum atomic E-state index is -1.42. The third-order valence-electron chi connectivity index (χ3n) is 3.28. The second-order valence-electron chi connectivity index (χ2n) is 4.84. The molecule has 1 atom stereocenters. The quantitative estimate of drug-likeness (QED) is 0.792. The molecule has 0 aliphatic carbocycles. The first-order valence-electron chi connectivity index (χ1n) is 6.45. The van der Waals surface area contributed by atoms with E-state index in [1.54, 1.807) is 0 Å². The summed E-state index contributed by atoms with van der Waals surface area (Å²) in [5.74, 6) is -2.33. The molecule has 0 radical (unpaired) electrons. The predicted molar refractivity (Wildman–Crippen MR) is 70.5 cm³/mol. The zero-order valence-electron chi connectivity index (χ0n) is 10.7. The van der Waals surface area contributed by atoms with Gasteiger partial charge in [-0.3, -0.25) is 9.69 Å². The fourth-order valence-corrected chi connectivity index (χ4v) is 2.41. The van der Waals surface area contributed by atoms with Crippen molar-refractivity contribution in [3.8, 4) is 0 Å². The number of carbonyl (C=O) groups is 2. The molecule has 1 saturated heterocycles. The van der Waals surface area contributed by atoms with Gasteiger partial charge in [-0.2, -0.15) is 0 Å². The molecule has 0 aromatic heterocycles. The van der Waals surface area contributed by atoms with E-state index in [0.717, 1.165) is 25.9 Å². The Balaban J connectivity index is 1.87. The highest BCUT2D eigenvalue weighted by Crippen LogP contribution is 2.13. The van der Waals surface area contributed by atoms with E-state index in [0.29, 0.717) is 6.54 Å². The summed E-state index contributed by atoms with van der Waals surface area (Å²) in [6.45, 7) is 2.52. The number of carbonyl (C=O) groups excluding carboxylic acids is 1. The summed E-state index contributed by atoms with van der Waals surface area (Å²) in [6.07, 6.45) is 1.81. The van der Waals surface area contributed by atoms with Crippen LogP contribution in [0.5, 0.6) is 0 Å². The van der Waals surface area contributed by atoms with E-state index < -0.39 is 11.9 Å². The number of benzene rings is 1. The Bertz CT molecular complexity index is 447. The van der Waals surface area contributed by atoms with Crippen molar-refractivity contribution in [1.29, 1.82) is 0 Å². The maximum Gasteiger partial charge on any atom is 0.394 e. The Labute approximate surface area is 112 Å². The molecule has 0 saturated carbocycles. The molecule has 5 heteroatoms. The maximum atomic E-state index is 11.1. The third kappa shape index (κ3) is 4.06. The highest BCUT2D eigenvalue weighted by molar-refractivity contribution is 6.31. The van der Waals surface area contributed by atoms with Crippen LogP contribution in [0.3, 0.4) is 0 Å². The molecule has 0 spiro atoms. The number of likely N-dealkylation sites (tertiary alicyclic amines) is 1. The molecule has 1 aliphatic rings. The zero-order valence-corrected chi connectivity index (χ0v) is 10.7. The van der Waals surface area contributed by atoms with Gasteiger partial charge in [-0.15, -0.1) is 0 Å². The lowest BCUT2D eigenvalue weighted by atomic mass is 10.0. The van der Waals surface area contributed by atoms with Gasteiger partial charge in [0, 0.05) is 19.1 Å². The van der Waals surface area contributed by atoms with Crippen LogP contribution in [0.15, 0.2) is 30.3 Å². The molecule has 5 nitrogen and oxygen atoms in total. The van der Waals surface area contributed by atoms with Crippen LogP contribution in [0, 0.1) is 0 Å². The molecule has 2 N–H and O–H groups in total. The van der Waals surface area contributed by atoms with Crippen LogP contribution in [-0.4, -0.2) is 41.0 Å². The fourth-order valence-electron chi connectivity index (χ4n) is 2.41. The number of hydrogen-bond donors (Lipinski definition) is 2. The van der Waals surface area contributed by atoms with Gasteiger partial charge in [0.2, 0.25) is 0 Å². The van der Waals surface area contributed by atoms with Gasteiger partial charge in [0.15, 0.2) is 0 Å². The Morgan fingerprint density at radius 1 is 1.32 bits per heavy atom. The summed E-state index contributed by atoms with van der Waals surface area (Å²) in [6, 6.07) is 10.1. The van der Waals surface area contributed by atoms with Crippen molar-refractivity contribution < 1.29 is 14.7 Å². The standard InChI is InChI=1S/C14H18N2O3/c17-13(14(18)19)15-12-7-4-8-16(10-12)9-11-5-2-1-3-6-11/h1-3,5-6,12H,4,7-10H2,(H,15,17)(H,18,19). The minimum absolute atomic E-state index is 0.0685. The van der Waals surface area contributed by atoms with Crippen LogP contribution < -0.4 is 5.32 Å². The second kappa shape index (κ2) is 6.33. The summed E-state index contributed by atoms with van der Waals surface area (Å²) in [7, 11) is 0. The lowest BCUT2D eigenvalue weighted by molar-refractivity contribution is -0.150. The van der Waals surface area contributed by atoms with Crippen molar-refractivity contribution in [2.24, 2.45) is 0 Å². The molecular formula is C14H18N2O3. The summed E-state index contributed by atoms with van der Waals surface area (Å²) in [4.78, 5) is 23.9. The van der Waals surface area contributed by atoms with Gasteiger partial charge in [-0.1, -0.05) is 30.3 Å². The first-order chi connectivity index (χ1) is 9.15. The number of hydrogen-bond acceptors (Lipinski definition) is 3. The van der Waals surface area contributed by atoms with Gasteiger partial charge in [-0.25, -0.2) is 4.79 Å². The van der Waals surface area contributed by atoms with E-state index >= 15 is 0 Å². The smallest absolute Gasteiger partial charge is 0.394 e. The molecule has 102 valence electrons. The first kappa shape index (κ1) is 13.5. The van der Waals surface area contributed by atoms with Gasteiger partial charge in [-0.05, 0) is 24.9 Å². The SMILES string of the molecule is O=C(O)C(=O)NC1CCCN(Cc2ccccc2)C1. The van der Waals surface area contributed by atoms with E-state index in [4.69, 9.17) is 5.11 Å². The zero-order chi connectivity index (χ0) is 13.7. The summed E-state index contributed by atoms with van der Waals surface area (Å²) >= 11 is 0. The minimum Gasteiger partial charge on any atom is -0.474 e. The number of rotatable bonds is 3. The van der Waals surface area contributed by atoms with Crippen LogP contribution in [-0.2, 0) is 16.1 Å². The number of amides is 1. The molecule has 2 rings (SSSR count). The molecule has 1 fully saturated rings. The molecular weight excluding hydrogens is 244 g/mol. The molecule has 1 aromatic rings. The van der Waals surface area contributed by atoms with Gasteiger partial charge < -0.3 is 10.4 Å². The monoisotopic (exact) mass is 262 g/mol. The van der Waals surface area contributed by atoms with Crippen molar-refractivity contribution in [2.45, 2.75) is 25.4 Å². The Kier molecular flexibility index (Phi) is 4.52. The molecule has 1 aliphatic heterocycles.